The molecule has 14 fully saturated rings. The first-order valence-electron chi connectivity index (χ1n) is 35.6. The molecule has 4 N–H and O–H groups in total. The number of hydrogen-bond donors (Lipinski definition) is 4. The molecule has 0 heterocycles. The molecule has 14 aliphatic rings. The van der Waals surface area contributed by atoms with Crippen LogP contribution in [0.5, 0.6) is 0 Å². The molecule has 14 saturated carbocycles. The Hall–Kier alpha value is -3.86. The molecule has 0 saturated heterocycles. The van der Waals surface area contributed by atoms with Crippen molar-refractivity contribution in [1.29, 1.82) is 0 Å². The molecule has 14 aliphatic carbocycles. The Morgan fingerprint density at radius 3 is 1.33 bits per heavy atom. The zero-order valence-electron chi connectivity index (χ0n) is 57.9. The summed E-state index contributed by atoms with van der Waals surface area (Å²) in [6.07, 6.45) is 3.92. The number of ether oxygens (including phenoxy) is 1. The number of carbonyl (C=O) groups is 4. The van der Waals surface area contributed by atoms with E-state index in [1.165, 1.54) is 12.5 Å². The van der Waals surface area contributed by atoms with Crippen molar-refractivity contribution in [3.05, 3.63) is 177 Å². The number of rotatable bonds is 13. The van der Waals surface area contributed by atoms with Gasteiger partial charge in [-0.25, -0.2) is 4.79 Å². The molecule has 15 nitrogen and oxygen atoms in total. The molecular formula is C77H93Cl9F6N8O7Ti. The third kappa shape index (κ3) is 21.6. The maximum atomic E-state index is 13.1. The largest absolute Gasteiger partial charge is 0.389 e. The molecule has 0 radical (unpaired) electrons. The third-order valence-corrected chi connectivity index (χ3v) is 25.1. The normalized spacial score (nSPS) is 34.7. The predicted octanol–water partition coefficient (Wildman–Crippen LogP) is 23.1. The number of Topliss-reactive ketones (excluding diaryl/α,β-unsaturated/α-hetero) is 1. The van der Waals surface area contributed by atoms with E-state index in [1.54, 1.807) is 30.3 Å². The van der Waals surface area contributed by atoms with Crippen LogP contribution in [0, 0.1) is 71.0 Å². The van der Waals surface area contributed by atoms with Crippen LogP contribution in [-0.2, 0) is 36.3 Å². The minimum absolute atomic E-state index is 0. The van der Waals surface area contributed by atoms with E-state index in [-0.39, 0.29) is 90.8 Å². The van der Waals surface area contributed by atoms with Gasteiger partial charge in [0.25, 0.3) is 0 Å². The fraction of sp³-hybridized carbons (Fsp3) is 0.610. The van der Waals surface area contributed by atoms with E-state index in [1.807, 2.05) is 91.0 Å². The standard InChI is InChI=1S/C21H23ClF3NO3.C19H21ClF3NO2.C17H20ClN3O.C17H19N3O.CH2Cl2.2CH4.4ClH.Ti/c1-12(27)26-17(14-5-3-2-4-6-14)16-15-7-13-8-19(22,10-15)11-20(16,9-13)29-18(28)21(23,24)25;20-17-7-11-6-13(9-17)14(18(26,8-11)10-17)15(12-4-2-1-3-5-12)24-16(25)19(21,22)23;18-16-7-11-6-13(9-16)14(17(22,8-11)10-16)15(20-21-19)12-4-2-1-3-5-12;1-11-7-12-9-14(8-11)16(15(21)10-12)17(19-20-18)13-5-3-2-4-6-13;2-1-3;;;;;;;/h2-6,13,15-17H,7-11H2,1H3,(H,26,27);1-5,11,13-15,26H,6-10H2,(H,24,25);1-5,11,13-15,22H,6-10H2;2-6,12,14,16-17H,1,7-10H2;1H2;2*1H4;4*1H;/q;;;;;;;;;;;+4/p-4/t13-,15?,16+,17+,19-,20-;11-,13?,14+,15+,17-,18-;11-,13?,14+,15+,16-,17-;12-,14?,16+,17+;;;;;;;;/m1110......../s1. The SMILES string of the molecule is C.C.C=C1CC2C[C@H](C1)CC(=O)[C@@H]2[C@H](N=[N+]=[N-])c1ccccc1.CC(=O)N[C@@H](c1ccccc1)[C@@H]1C2C[C@@H]3C[C@@](Cl)(C2)C[C@]1(OC(=O)C(F)(F)F)C3.ClCCl.O=C(N[C@@H](c1ccccc1)[C@@H]1C2C[C@@H]3C[C@@](Cl)(C2)C[C@]1(O)C3)C(F)(F)F.[Cl][Ti]([Cl])([Cl])[Cl].[N-]=[N+]=N[C@@H](c1ccccc1)[C@@H]1C2C[C@@H]3C[C@@](Cl)(C2)C[C@]1(O)C3. The number of ketones is 1. The first kappa shape index (κ1) is 89.7. The number of esters is 1. The number of aliphatic hydroxyl groups is 2. The molecule has 0 aliphatic heterocycles. The Morgan fingerprint density at radius 1 is 0.556 bits per heavy atom. The van der Waals surface area contributed by atoms with Crippen molar-refractivity contribution in [3.63, 3.8) is 0 Å². The van der Waals surface area contributed by atoms with Crippen molar-refractivity contribution in [2.24, 2.45) is 81.2 Å². The predicted molar refractivity (Wildman–Crippen MR) is 411 cm³/mol. The van der Waals surface area contributed by atoms with E-state index in [2.05, 4.69) is 37.3 Å². The van der Waals surface area contributed by atoms with Crippen LogP contribution in [0.25, 0.3) is 20.9 Å². The van der Waals surface area contributed by atoms with E-state index in [0.717, 1.165) is 87.3 Å². The van der Waals surface area contributed by atoms with Gasteiger partial charge in [0.2, 0.25) is 5.91 Å². The average molecular weight is 1720 g/mol. The molecular weight excluding hydrogens is 1630 g/mol. The maximum Gasteiger partial charge on any atom is 0.0705 e. The smallest absolute Gasteiger partial charge is 0.0705 e. The van der Waals surface area contributed by atoms with Gasteiger partial charge >= 0.3 is 73.8 Å². The number of halogens is 15. The zero-order chi connectivity index (χ0) is 77.2. The second-order valence-corrected chi connectivity index (χ2v) is 50.1. The molecule has 4 aromatic carbocycles. The third-order valence-electron chi connectivity index (χ3n) is 23.8. The minimum atomic E-state index is -5.08. The first-order chi connectivity index (χ1) is 49.7. The van der Waals surface area contributed by atoms with E-state index in [4.69, 9.17) is 111 Å². The van der Waals surface area contributed by atoms with Gasteiger partial charge in [-0.15, -0.1) is 58.0 Å². The van der Waals surface area contributed by atoms with Crippen LogP contribution in [0.4, 0.5) is 26.3 Å². The van der Waals surface area contributed by atoms with Crippen molar-refractivity contribution < 1.29 is 72.8 Å². The number of alkyl halides is 11. The van der Waals surface area contributed by atoms with Crippen LogP contribution < -0.4 is 10.6 Å². The topological polar surface area (TPSA) is 240 Å². The van der Waals surface area contributed by atoms with E-state index >= 15 is 0 Å². The van der Waals surface area contributed by atoms with Gasteiger partial charge in [-0.2, -0.15) is 26.3 Å². The minimum Gasteiger partial charge on any atom is -0.389 e. The fourth-order valence-corrected chi connectivity index (χ4v) is 23.8. The molecule has 4 unspecified atom stereocenters. The summed E-state index contributed by atoms with van der Waals surface area (Å²) in [6, 6.07) is 35.1. The molecule has 18 rings (SSSR count). The number of nitrogens with zero attached hydrogens (tertiary/aromatic N) is 6. The molecule has 31 heteroatoms. The van der Waals surface area contributed by atoms with Crippen LogP contribution in [-0.4, -0.2) is 82.9 Å². The summed E-state index contributed by atoms with van der Waals surface area (Å²) in [5.74, 6) is -3.37. The van der Waals surface area contributed by atoms with E-state index in [9.17, 15) is 55.7 Å². The number of carbonyl (C=O) groups excluding carboxylic acids is 4. The molecule has 22 atom stereocenters. The average Bonchev–Trinajstić information content (AvgIpc) is 0.716. The van der Waals surface area contributed by atoms with Gasteiger partial charge in [0.1, 0.15) is 11.4 Å². The second kappa shape index (κ2) is 36.3. The van der Waals surface area contributed by atoms with E-state index in [0.29, 0.717) is 74.2 Å². The van der Waals surface area contributed by atoms with Gasteiger partial charge in [0, 0.05) is 67.9 Å². The second-order valence-electron chi connectivity index (χ2n) is 31.5. The van der Waals surface area contributed by atoms with Crippen LogP contribution in [0.2, 0.25) is 0 Å². The molecule has 2 amide bonds. The quantitative estimate of drug-likeness (QED) is 0.0147. The Balaban J connectivity index is 0.000000175. The van der Waals surface area contributed by atoms with Crippen LogP contribution >= 0.6 is 95.2 Å². The maximum absolute atomic E-state index is 13.1. The van der Waals surface area contributed by atoms with Gasteiger partial charge in [-0.05, 0) is 190 Å². The summed E-state index contributed by atoms with van der Waals surface area (Å²) in [5.41, 5.74) is 19.2. The zero-order valence-corrected chi connectivity index (χ0v) is 66.3. The Morgan fingerprint density at radius 2 is 0.935 bits per heavy atom. The number of nitrogens with one attached hydrogen (secondary N) is 2. The number of benzene rings is 4. The van der Waals surface area contributed by atoms with Gasteiger partial charge in [-0.1, -0.05) is 159 Å². The number of fused-ring (bicyclic) bond motifs is 2. The Bertz CT molecular complexity index is 3880. The van der Waals surface area contributed by atoms with Crippen LogP contribution in [0.15, 0.2) is 144 Å². The molecule has 4 aromatic rings. The number of azide groups is 2. The molecule has 108 heavy (non-hydrogen) atoms. The summed E-state index contributed by atoms with van der Waals surface area (Å²) >= 11 is 26.6. The van der Waals surface area contributed by atoms with Gasteiger partial charge in [-0.3, -0.25) is 14.4 Å². The van der Waals surface area contributed by atoms with Crippen molar-refractivity contribution in [2.45, 2.75) is 212 Å². The Kier molecular flexibility index (Phi) is 30.2. The Labute approximate surface area is 671 Å². The fourth-order valence-electron chi connectivity index (χ4n) is 21.9. The van der Waals surface area contributed by atoms with Gasteiger partial charge in [0.05, 0.1) is 40.7 Å². The van der Waals surface area contributed by atoms with Crippen molar-refractivity contribution >= 4 is 119 Å². The number of amides is 2. The first-order valence-corrected chi connectivity index (χ1v) is 46.4. The molecule has 0 aromatic heterocycles. The van der Waals surface area contributed by atoms with E-state index < -0.39 is 87.0 Å². The monoisotopic (exact) mass is 1720 g/mol. The molecule has 592 valence electrons. The molecule has 14 bridgehead atoms. The summed E-state index contributed by atoms with van der Waals surface area (Å²) in [7, 11) is 20.1. The van der Waals surface area contributed by atoms with Gasteiger partial charge in [0.15, 0.2) is 0 Å². The summed E-state index contributed by atoms with van der Waals surface area (Å²) in [6.45, 7) is 5.50. The van der Waals surface area contributed by atoms with Crippen molar-refractivity contribution in [3.8, 4) is 0 Å². The van der Waals surface area contributed by atoms with Crippen LogP contribution in [0.3, 0.4) is 0 Å². The van der Waals surface area contributed by atoms with Crippen molar-refractivity contribution in [1.82, 2.24) is 10.6 Å². The molecule has 0 spiro atoms. The van der Waals surface area contributed by atoms with Crippen LogP contribution in [0.1, 0.15) is 190 Å². The van der Waals surface area contributed by atoms with Gasteiger partial charge < -0.3 is 25.6 Å². The van der Waals surface area contributed by atoms with Crippen molar-refractivity contribution in [2.75, 3.05) is 5.34 Å². The number of allylic oxidation sites excluding steroid dienone is 1. The summed E-state index contributed by atoms with van der Waals surface area (Å²) in [4.78, 5) is 52.9. The summed E-state index contributed by atoms with van der Waals surface area (Å²) in [5, 5.41) is 36.0. The number of hydrogen-bond acceptors (Lipinski definition) is 9. The summed E-state index contributed by atoms with van der Waals surface area (Å²) < 4.78 is 83.4.